The molecule has 0 aliphatic heterocycles. The Balaban J connectivity index is 0.000000304. The first kappa shape index (κ1) is 76.6. The van der Waals surface area contributed by atoms with Gasteiger partial charge < -0.3 is 76.4 Å². The van der Waals surface area contributed by atoms with Crippen molar-refractivity contribution in [2.45, 2.75) is 182 Å². The average molecular weight is 1320 g/mol. The van der Waals surface area contributed by atoms with Crippen molar-refractivity contribution in [3.63, 3.8) is 0 Å². The number of carboxylic acids is 1. The number of hydrogen-bond donors (Lipinski definition) is 10. The number of benzene rings is 3. The molecule has 3 aromatic carbocycles. The van der Waals surface area contributed by atoms with Crippen molar-refractivity contribution < 1.29 is 91.2 Å². The minimum absolute atomic E-state index is 0.0535. The van der Waals surface area contributed by atoms with Crippen LogP contribution in [-0.4, -0.2) is 163 Å². The highest BCUT2D eigenvalue weighted by Gasteiger charge is 2.33. The maximum absolute atomic E-state index is 13.1. The number of rotatable bonds is 31. The molecule has 6 rings (SSSR count). The van der Waals surface area contributed by atoms with Gasteiger partial charge in [-0.15, -0.1) is 0 Å². The molecule has 10 N–H and O–H groups in total. The predicted molar refractivity (Wildman–Crippen MR) is 345 cm³/mol. The molecule has 0 aliphatic carbocycles. The molecule has 3 heterocycles. The Morgan fingerprint density at radius 3 is 1.04 bits per heavy atom. The number of ketones is 1. The number of carbonyl (C=O) groups excluding carboxylic acids is 12. The zero-order valence-corrected chi connectivity index (χ0v) is 54.6. The first-order valence-corrected chi connectivity index (χ1v) is 30.6. The van der Waals surface area contributed by atoms with Gasteiger partial charge in [0.15, 0.2) is 0 Å². The van der Waals surface area contributed by atoms with Crippen molar-refractivity contribution in [2.75, 3.05) is 0 Å². The topological polar surface area (TPSA) is 435 Å². The van der Waals surface area contributed by atoms with E-state index in [-0.39, 0.29) is 57.8 Å². The first-order chi connectivity index (χ1) is 44.9. The summed E-state index contributed by atoms with van der Waals surface area (Å²) >= 11 is 0. The SMILES string of the molecule is CC(=O)N[C@@H](Cc1c[nH]c2ccccc12)C(=O)N[C@@H](CCC(=O)C=[N+]=[N-])C(=O)OC(C)C.CC(=O)N[C@@H](Cc1c[nH]c2ccccc12)C(=O)N[C@@H](CCC(=O)O)C(=O)OC(C)C.CC(=O)N[C@@H](Cc1c[nH]c2ccccc12)C(=O)N[C@@H](CCC(=O)OC(C)=O)C(=O)OC(C)C. The van der Waals surface area contributed by atoms with Gasteiger partial charge in [-0.3, -0.25) is 47.9 Å². The van der Waals surface area contributed by atoms with E-state index >= 15 is 0 Å². The Labute approximate surface area is 547 Å². The number of nitrogens with one attached hydrogen (secondary N) is 9. The lowest BCUT2D eigenvalue weighted by atomic mass is 10.0. The van der Waals surface area contributed by atoms with Crippen LogP contribution >= 0.6 is 0 Å². The molecule has 6 amide bonds. The number of H-pyrrole nitrogens is 3. The molecule has 6 aromatic rings. The van der Waals surface area contributed by atoms with Gasteiger partial charge in [0.2, 0.25) is 41.2 Å². The van der Waals surface area contributed by atoms with Gasteiger partial charge in [0.05, 0.1) is 18.3 Å². The third-order valence-corrected chi connectivity index (χ3v) is 13.7. The fourth-order valence-corrected chi connectivity index (χ4v) is 9.59. The number of amides is 6. The summed E-state index contributed by atoms with van der Waals surface area (Å²) in [5.74, 6) is -8.35. The van der Waals surface area contributed by atoms with Crippen LogP contribution in [0.2, 0.25) is 0 Å². The van der Waals surface area contributed by atoms with Crippen molar-refractivity contribution in [1.82, 2.24) is 46.9 Å². The van der Waals surface area contributed by atoms with Crippen LogP contribution in [0.5, 0.6) is 0 Å². The highest BCUT2D eigenvalue weighted by atomic mass is 16.6. The van der Waals surface area contributed by atoms with E-state index in [1.807, 2.05) is 72.8 Å². The second kappa shape index (κ2) is 38.2. The molecule has 0 aliphatic rings. The summed E-state index contributed by atoms with van der Waals surface area (Å²) in [7, 11) is 0. The zero-order valence-electron chi connectivity index (χ0n) is 54.6. The number of aromatic nitrogens is 3. The van der Waals surface area contributed by atoms with E-state index in [1.54, 1.807) is 60.1 Å². The van der Waals surface area contributed by atoms with Crippen LogP contribution in [0.25, 0.3) is 38.2 Å². The zero-order chi connectivity index (χ0) is 70.5. The highest BCUT2D eigenvalue weighted by molar-refractivity contribution is 6.25. The maximum Gasteiger partial charge on any atom is 0.328 e. The van der Waals surface area contributed by atoms with Gasteiger partial charge in [-0.1, -0.05) is 54.6 Å². The third-order valence-electron chi connectivity index (χ3n) is 13.7. The maximum atomic E-state index is 13.1. The van der Waals surface area contributed by atoms with Gasteiger partial charge >= 0.3 is 42.0 Å². The molecular weight excluding hydrogens is 1230 g/mol. The smallest absolute Gasteiger partial charge is 0.328 e. The van der Waals surface area contributed by atoms with Crippen molar-refractivity contribution >= 4 is 116 Å². The summed E-state index contributed by atoms with van der Waals surface area (Å²) in [4.78, 5) is 169. The summed E-state index contributed by atoms with van der Waals surface area (Å²) in [6, 6.07) is 16.4. The van der Waals surface area contributed by atoms with Crippen LogP contribution in [0.4, 0.5) is 0 Å². The lowest BCUT2D eigenvalue weighted by Gasteiger charge is -2.23. The second-order valence-corrected chi connectivity index (χ2v) is 22.8. The van der Waals surface area contributed by atoms with E-state index < -0.39 is 132 Å². The van der Waals surface area contributed by atoms with Gasteiger partial charge in [0, 0.05) is 118 Å². The Morgan fingerprint density at radius 1 is 0.453 bits per heavy atom. The normalized spacial score (nSPS) is 12.7. The molecule has 29 heteroatoms. The number of carboxylic acid groups (broad SMARTS) is 1. The van der Waals surface area contributed by atoms with Gasteiger partial charge in [-0.2, -0.15) is 4.79 Å². The summed E-state index contributed by atoms with van der Waals surface area (Å²) in [6.45, 7) is 14.9. The van der Waals surface area contributed by atoms with E-state index in [2.05, 4.69) is 56.4 Å². The highest BCUT2D eigenvalue weighted by Crippen LogP contribution is 2.23. The van der Waals surface area contributed by atoms with E-state index in [0.717, 1.165) is 62.5 Å². The molecule has 3 aromatic heterocycles. The molecule has 0 saturated carbocycles. The fraction of sp³-hybridized carbons (Fsp3) is 0.424. The third kappa shape index (κ3) is 26.7. The molecule has 510 valence electrons. The predicted octanol–water partition coefficient (Wildman–Crippen LogP) is 4.34. The minimum atomic E-state index is -1.17. The van der Waals surface area contributed by atoms with Crippen molar-refractivity contribution in [3.8, 4) is 0 Å². The number of para-hydroxylation sites is 3. The van der Waals surface area contributed by atoms with E-state index in [0.29, 0.717) is 0 Å². The number of fused-ring (bicyclic) bond motifs is 3. The number of Topliss-reactive ketones (excluding diaryl/α,β-unsaturated/α-hetero) is 1. The van der Waals surface area contributed by atoms with Gasteiger partial charge in [0.25, 0.3) is 0 Å². The molecule has 0 fully saturated rings. The molecular formula is C66H83N11O18. The van der Waals surface area contributed by atoms with Crippen LogP contribution in [-0.2, 0) is 101 Å². The number of esters is 5. The lowest BCUT2D eigenvalue weighted by Crippen LogP contribution is -2.52. The van der Waals surface area contributed by atoms with E-state index in [9.17, 15) is 62.3 Å². The number of ether oxygens (including phenoxy) is 4. The Kier molecular flexibility index (Phi) is 30.8. The van der Waals surface area contributed by atoms with Gasteiger partial charge in [-0.25, -0.2) is 14.4 Å². The number of aromatic amines is 3. The van der Waals surface area contributed by atoms with Gasteiger partial charge in [0.1, 0.15) is 36.3 Å². The largest absolute Gasteiger partial charge is 0.481 e. The monoisotopic (exact) mass is 1320 g/mol. The van der Waals surface area contributed by atoms with Gasteiger partial charge in [-0.05, 0) is 95.7 Å². The first-order valence-electron chi connectivity index (χ1n) is 30.6. The number of nitrogens with zero attached hydrogens (tertiary/aromatic N) is 2. The standard InChI is InChI=1S/C23H29N3O7.C22H27N5O5.C21H27N3O6/c1-13(2)32-23(31)19(9-10-21(29)33-15(4)28)26-22(30)20(25-14(3)27)11-16-12-24-18-8-6-5-7-17(16)18;1-13(2)32-22(31)19(9-8-16(29)12-25-23)27-21(30)20(26-14(3)28)10-15-11-24-18-7-5-4-6-17(15)18;1-12(2)30-21(29)17(8-9-19(26)27)24-20(28)18(23-13(3)25)10-14-11-22-16-7-5-4-6-15(14)16/h5-8,12-13,19-20,24H,9-11H2,1-4H3,(H,25,27)(H,26,30);4-7,11-13,19-20,24H,8-10H2,1-3H3,(H,26,28)(H,27,30);4-7,11-12,17-18,22H,8-10H2,1-3H3,(H,23,25)(H,24,28)(H,26,27)/t2*19-,20-;17-,18-/m000/s1. The molecule has 29 nitrogen and oxygen atoms in total. The Morgan fingerprint density at radius 2 is 0.758 bits per heavy atom. The molecule has 0 radical (unpaired) electrons. The summed E-state index contributed by atoms with van der Waals surface area (Å²) in [5, 5.41) is 27.2. The fourth-order valence-electron chi connectivity index (χ4n) is 9.59. The quantitative estimate of drug-likeness (QED) is 0.00722. The minimum Gasteiger partial charge on any atom is -0.481 e. The van der Waals surface area contributed by atoms with Crippen LogP contribution in [0.15, 0.2) is 91.4 Å². The van der Waals surface area contributed by atoms with Crippen molar-refractivity contribution in [3.05, 3.63) is 114 Å². The average Bonchev–Trinajstić information content (AvgIpc) is 1.73. The van der Waals surface area contributed by atoms with Crippen LogP contribution in [0.3, 0.4) is 0 Å². The lowest BCUT2D eigenvalue weighted by molar-refractivity contribution is -0.159. The summed E-state index contributed by atoms with van der Waals surface area (Å²) in [5.41, 5.74) is 13.6. The second-order valence-electron chi connectivity index (χ2n) is 22.8. The number of aliphatic carboxylic acids is 1. The van der Waals surface area contributed by atoms with Crippen LogP contribution in [0, 0.1) is 0 Å². The van der Waals surface area contributed by atoms with Crippen molar-refractivity contribution in [1.29, 1.82) is 0 Å². The van der Waals surface area contributed by atoms with E-state index in [4.69, 9.17) is 24.8 Å². The summed E-state index contributed by atoms with van der Waals surface area (Å²) in [6.07, 6.45) is 4.24. The Hall–Kier alpha value is -10.8. The molecule has 0 unspecified atom stereocenters. The van der Waals surface area contributed by atoms with Crippen LogP contribution < -0.4 is 31.9 Å². The molecule has 0 saturated heterocycles. The summed E-state index contributed by atoms with van der Waals surface area (Å²) < 4.78 is 20.0. The molecule has 95 heavy (non-hydrogen) atoms. The van der Waals surface area contributed by atoms with Crippen LogP contribution in [0.1, 0.15) is 124 Å². The Bertz CT molecular complexity index is 3750. The number of carbonyl (C=O) groups is 13. The molecule has 0 bridgehead atoms. The molecule has 6 atom stereocenters. The van der Waals surface area contributed by atoms with E-state index in [1.165, 1.54) is 20.8 Å². The number of hydrogen-bond acceptors (Lipinski definition) is 17. The molecule has 0 spiro atoms. The van der Waals surface area contributed by atoms with Crippen molar-refractivity contribution in [2.24, 2.45) is 0 Å².